The zero-order chi connectivity index (χ0) is 9.98. The summed E-state index contributed by atoms with van der Waals surface area (Å²) >= 11 is 8.48. The van der Waals surface area contributed by atoms with Gasteiger partial charge >= 0.3 is 0 Å². The predicted octanol–water partition coefficient (Wildman–Crippen LogP) is 0.875. The van der Waals surface area contributed by atoms with Gasteiger partial charge in [-0.15, -0.1) is 0 Å². The van der Waals surface area contributed by atoms with E-state index in [1.807, 2.05) is 13.8 Å². The normalized spacial score (nSPS) is 6.92. The molecule has 0 aromatic heterocycles. The summed E-state index contributed by atoms with van der Waals surface area (Å²) in [5.74, 6) is 0. The summed E-state index contributed by atoms with van der Waals surface area (Å²) in [7, 11) is 0. The van der Waals surface area contributed by atoms with Crippen molar-refractivity contribution in [2.45, 2.75) is 13.8 Å². The first-order valence-corrected chi connectivity index (χ1v) is 4.29. The molecule has 0 aliphatic rings. The van der Waals surface area contributed by atoms with Gasteiger partial charge in [-0.2, -0.15) is 0 Å². The average molecular weight is 274 g/mol. The first-order valence-electron chi connectivity index (χ1n) is 3.48. The van der Waals surface area contributed by atoms with Gasteiger partial charge in [-0.25, -0.2) is 0 Å². The van der Waals surface area contributed by atoms with Gasteiger partial charge in [-0.05, 0) is 38.3 Å². The molecule has 0 aromatic rings. The molecule has 4 N–H and O–H groups in total. The third-order valence-corrected chi connectivity index (χ3v) is 0.945. The topological polar surface area (TPSA) is 64.5 Å². The second kappa shape index (κ2) is 14.4. The zero-order valence-electron chi connectivity index (χ0n) is 7.43. The second-order valence-electron chi connectivity index (χ2n) is 1.67. The Morgan fingerprint density at radius 3 is 1.23 bits per heavy atom. The van der Waals surface area contributed by atoms with Crippen molar-refractivity contribution in [3.05, 3.63) is 0 Å². The molecule has 0 unspecified atom stereocenters. The largest absolute Gasteiger partial charge is 0.487 e. The number of aliphatic hydroxyl groups excluding tert-OH is 2. The molecule has 0 amide bonds. The van der Waals surface area contributed by atoms with Crippen molar-refractivity contribution >= 4 is 34.8 Å². The van der Waals surface area contributed by atoms with Crippen molar-refractivity contribution in [1.29, 1.82) is 0 Å². The summed E-state index contributed by atoms with van der Waals surface area (Å²) in [6.07, 6.45) is 0. The molecule has 0 aliphatic heterocycles. The minimum Gasteiger partial charge on any atom is -0.487 e. The van der Waals surface area contributed by atoms with Crippen LogP contribution < -0.4 is 10.6 Å². The Labute approximate surface area is 99.6 Å². The van der Waals surface area contributed by atoms with E-state index in [0.29, 0.717) is 13.1 Å². The quantitative estimate of drug-likeness (QED) is 0.443. The fourth-order valence-electron chi connectivity index (χ4n) is 0.302. The molecular weight excluding hydrogens is 260 g/mol. The number of thiocarbonyl (C=S) groups is 2. The van der Waals surface area contributed by atoms with Gasteiger partial charge in [0.15, 0.2) is 0 Å². The van der Waals surface area contributed by atoms with E-state index in [1.54, 1.807) is 0 Å². The first-order chi connectivity index (χ1) is 5.54. The summed E-state index contributed by atoms with van der Waals surface area (Å²) in [6.45, 7) is 5.11. The molecule has 0 saturated heterocycles. The van der Waals surface area contributed by atoms with Crippen LogP contribution in [-0.2, 0) is 17.1 Å². The van der Waals surface area contributed by atoms with Crippen LogP contribution in [0.5, 0.6) is 0 Å². The molecule has 4 nitrogen and oxygen atoms in total. The second-order valence-corrected chi connectivity index (χ2v) is 2.44. The van der Waals surface area contributed by atoms with Gasteiger partial charge in [0.05, 0.1) is 0 Å². The van der Waals surface area contributed by atoms with Gasteiger partial charge in [0.2, 0.25) is 0 Å². The molecule has 83 valence electrons. The molecule has 13 heavy (non-hydrogen) atoms. The van der Waals surface area contributed by atoms with Crippen molar-refractivity contribution in [2.24, 2.45) is 0 Å². The Kier molecular flexibility index (Phi) is 20.7. The van der Waals surface area contributed by atoms with Crippen LogP contribution in [0.1, 0.15) is 13.8 Å². The SMILES string of the molecule is CCNC(O)=S.CCNC(O)=S.[Cu]. The van der Waals surface area contributed by atoms with Crippen molar-refractivity contribution in [3.63, 3.8) is 0 Å². The number of hydrogen-bond acceptors (Lipinski definition) is 2. The van der Waals surface area contributed by atoms with Crippen LogP contribution in [0, 0.1) is 0 Å². The van der Waals surface area contributed by atoms with Crippen LogP contribution in [0.15, 0.2) is 0 Å². The zero-order valence-corrected chi connectivity index (χ0v) is 10.0. The van der Waals surface area contributed by atoms with Gasteiger partial charge in [0.25, 0.3) is 10.3 Å². The summed E-state index contributed by atoms with van der Waals surface area (Å²) in [5.41, 5.74) is 0. The van der Waals surface area contributed by atoms with Crippen LogP contribution in [0.4, 0.5) is 0 Å². The van der Waals surface area contributed by atoms with Gasteiger partial charge in [-0.1, -0.05) is 0 Å². The molecule has 0 aliphatic carbocycles. The van der Waals surface area contributed by atoms with E-state index in [9.17, 15) is 0 Å². The van der Waals surface area contributed by atoms with E-state index in [-0.39, 0.29) is 27.4 Å². The fraction of sp³-hybridized carbons (Fsp3) is 0.667. The molecule has 0 bridgehead atoms. The Morgan fingerprint density at radius 1 is 1.00 bits per heavy atom. The summed E-state index contributed by atoms with van der Waals surface area (Å²) in [5, 5.41) is 21.1. The van der Waals surface area contributed by atoms with E-state index >= 15 is 0 Å². The van der Waals surface area contributed by atoms with Gasteiger partial charge in [0.1, 0.15) is 0 Å². The molecule has 0 rings (SSSR count). The molecule has 0 aromatic carbocycles. The van der Waals surface area contributed by atoms with Gasteiger partial charge in [-0.3, -0.25) is 0 Å². The van der Waals surface area contributed by atoms with Crippen LogP contribution in [0.25, 0.3) is 0 Å². The van der Waals surface area contributed by atoms with E-state index in [2.05, 4.69) is 35.1 Å². The monoisotopic (exact) mass is 273 g/mol. The van der Waals surface area contributed by atoms with Crippen LogP contribution in [0.3, 0.4) is 0 Å². The Balaban J connectivity index is -0.000000143. The maximum Gasteiger partial charge on any atom is 0.254 e. The molecule has 0 fully saturated rings. The van der Waals surface area contributed by atoms with Crippen molar-refractivity contribution in [1.82, 2.24) is 10.6 Å². The summed E-state index contributed by atoms with van der Waals surface area (Å²) in [6, 6.07) is 0. The summed E-state index contributed by atoms with van der Waals surface area (Å²) < 4.78 is 0. The van der Waals surface area contributed by atoms with Crippen LogP contribution in [-0.4, -0.2) is 33.7 Å². The molecule has 0 atom stereocenters. The van der Waals surface area contributed by atoms with Gasteiger partial charge < -0.3 is 20.8 Å². The number of aliphatic hydroxyl groups is 2. The van der Waals surface area contributed by atoms with E-state index in [1.165, 1.54) is 0 Å². The minimum atomic E-state index is -0.127. The smallest absolute Gasteiger partial charge is 0.254 e. The molecule has 0 spiro atoms. The van der Waals surface area contributed by atoms with Crippen LogP contribution in [0.2, 0.25) is 0 Å². The van der Waals surface area contributed by atoms with E-state index < -0.39 is 0 Å². The maximum absolute atomic E-state index is 8.17. The number of nitrogens with one attached hydrogen (secondary N) is 2. The van der Waals surface area contributed by atoms with Crippen molar-refractivity contribution in [2.75, 3.05) is 13.1 Å². The first kappa shape index (κ1) is 18.6. The molecule has 1 radical (unpaired) electrons. The number of hydrogen-bond donors (Lipinski definition) is 4. The van der Waals surface area contributed by atoms with Crippen molar-refractivity contribution < 1.29 is 27.3 Å². The standard InChI is InChI=1S/2C3H7NOS.Cu/c2*1-2-4-3(5)6;/h2*2H2,1H3,(H2,4,5,6);. The van der Waals surface area contributed by atoms with E-state index in [4.69, 9.17) is 10.2 Å². The molecule has 7 heteroatoms. The molecular formula is C6H14CuN2O2S2. The Hall–Kier alpha value is -0.101. The third-order valence-electron chi connectivity index (χ3n) is 0.656. The van der Waals surface area contributed by atoms with Crippen LogP contribution >= 0.6 is 24.4 Å². The van der Waals surface area contributed by atoms with Gasteiger partial charge in [0, 0.05) is 30.2 Å². The predicted molar refractivity (Wildman–Crippen MR) is 57.8 cm³/mol. The minimum absolute atomic E-state index is 0. The van der Waals surface area contributed by atoms with E-state index in [0.717, 1.165) is 0 Å². The Bertz CT molecular complexity index is 131. The third kappa shape index (κ3) is 33.5. The summed E-state index contributed by atoms with van der Waals surface area (Å²) in [4.78, 5) is 0. The maximum atomic E-state index is 8.17. The fourth-order valence-corrected chi connectivity index (χ4v) is 0.591. The number of rotatable bonds is 2. The molecule has 0 heterocycles. The average Bonchev–Trinajstić information content (AvgIpc) is 1.87. The molecule has 0 saturated carbocycles. The Morgan fingerprint density at radius 2 is 1.23 bits per heavy atom. The van der Waals surface area contributed by atoms with Crippen molar-refractivity contribution in [3.8, 4) is 0 Å².